The molecule has 0 fully saturated rings. The number of phenols is 1. The van der Waals surface area contributed by atoms with E-state index in [1.165, 1.54) is 0 Å². The molecule has 1 rings (SSSR count). The second-order valence-electron chi connectivity index (χ2n) is 2.53. The van der Waals surface area contributed by atoms with Crippen molar-refractivity contribution in [3.63, 3.8) is 0 Å². The third-order valence-corrected chi connectivity index (χ3v) is 1.63. The predicted octanol–water partition coefficient (Wildman–Crippen LogP) is 1.32. The first kappa shape index (κ1) is 8.87. The van der Waals surface area contributed by atoms with Crippen molar-refractivity contribution in [3.05, 3.63) is 23.8 Å². The van der Waals surface area contributed by atoms with Crippen LogP contribution in [-0.4, -0.2) is 16.8 Å². The molecule has 0 saturated heterocycles. The van der Waals surface area contributed by atoms with E-state index in [0.717, 1.165) is 12.2 Å². The molecule has 0 heterocycles. The molecule has 0 unspecified atom stereocenters. The molecule has 0 aromatic heterocycles. The summed E-state index contributed by atoms with van der Waals surface area (Å²) in [6.07, 6.45) is 0. The van der Waals surface area contributed by atoms with Gasteiger partial charge in [0.15, 0.2) is 0 Å². The van der Waals surface area contributed by atoms with Crippen molar-refractivity contribution in [2.45, 2.75) is 13.5 Å². The number of nitrogens with one attached hydrogen (secondary N) is 1. The lowest BCUT2D eigenvalue weighted by Gasteiger charge is -2.06. The highest BCUT2D eigenvalue weighted by molar-refractivity contribution is 5.50. The van der Waals surface area contributed by atoms with Crippen LogP contribution in [0.5, 0.6) is 5.75 Å². The third kappa shape index (κ3) is 1.89. The van der Waals surface area contributed by atoms with Crippen LogP contribution in [0, 0.1) is 0 Å². The molecule has 1 aromatic carbocycles. The molecular weight excluding hydrogens is 154 g/mol. The summed E-state index contributed by atoms with van der Waals surface area (Å²) in [5.74, 6) is 0.138. The SMILES string of the molecule is CCNc1ccc(O)c(CO)c1. The van der Waals surface area contributed by atoms with Gasteiger partial charge in [0.2, 0.25) is 0 Å². The van der Waals surface area contributed by atoms with Crippen LogP contribution in [0.1, 0.15) is 12.5 Å². The van der Waals surface area contributed by atoms with Crippen LogP contribution in [-0.2, 0) is 6.61 Å². The van der Waals surface area contributed by atoms with Crippen molar-refractivity contribution >= 4 is 5.69 Å². The molecule has 0 spiro atoms. The maximum absolute atomic E-state index is 9.22. The summed E-state index contributed by atoms with van der Waals surface area (Å²) in [6, 6.07) is 5.08. The van der Waals surface area contributed by atoms with Gasteiger partial charge in [0, 0.05) is 17.8 Å². The fourth-order valence-corrected chi connectivity index (χ4v) is 1.03. The van der Waals surface area contributed by atoms with Gasteiger partial charge in [0.25, 0.3) is 0 Å². The lowest BCUT2D eigenvalue weighted by molar-refractivity contribution is 0.275. The van der Waals surface area contributed by atoms with Crippen molar-refractivity contribution < 1.29 is 10.2 Å². The molecule has 0 aliphatic carbocycles. The van der Waals surface area contributed by atoms with Crippen molar-refractivity contribution in [2.75, 3.05) is 11.9 Å². The standard InChI is InChI=1S/C9H13NO2/c1-2-10-8-3-4-9(12)7(5-8)6-11/h3-5,10-12H,2,6H2,1H3. The van der Waals surface area contributed by atoms with E-state index in [1.54, 1.807) is 18.2 Å². The minimum absolute atomic E-state index is 0.134. The molecule has 3 heteroatoms. The lowest BCUT2D eigenvalue weighted by atomic mass is 10.2. The zero-order valence-electron chi connectivity index (χ0n) is 7.04. The number of aromatic hydroxyl groups is 1. The monoisotopic (exact) mass is 167 g/mol. The summed E-state index contributed by atoms with van der Waals surface area (Å²) in [7, 11) is 0. The van der Waals surface area contributed by atoms with Gasteiger partial charge in [-0.1, -0.05) is 0 Å². The van der Waals surface area contributed by atoms with Gasteiger partial charge < -0.3 is 15.5 Å². The third-order valence-electron chi connectivity index (χ3n) is 1.63. The molecule has 0 atom stereocenters. The van der Waals surface area contributed by atoms with E-state index in [9.17, 15) is 5.11 Å². The Labute approximate surface area is 71.7 Å². The number of hydrogen-bond acceptors (Lipinski definition) is 3. The van der Waals surface area contributed by atoms with Gasteiger partial charge in [-0.25, -0.2) is 0 Å². The number of aliphatic hydroxyl groups is 1. The highest BCUT2D eigenvalue weighted by atomic mass is 16.3. The Hall–Kier alpha value is -1.22. The van der Waals surface area contributed by atoms with E-state index in [0.29, 0.717) is 5.56 Å². The molecule has 0 amide bonds. The first-order chi connectivity index (χ1) is 5.77. The molecule has 0 radical (unpaired) electrons. The van der Waals surface area contributed by atoms with Gasteiger partial charge in [0.05, 0.1) is 6.61 Å². The van der Waals surface area contributed by atoms with E-state index >= 15 is 0 Å². The zero-order chi connectivity index (χ0) is 8.97. The van der Waals surface area contributed by atoms with Gasteiger partial charge in [-0.15, -0.1) is 0 Å². The molecule has 66 valence electrons. The summed E-state index contributed by atoms with van der Waals surface area (Å²) in [5, 5.41) is 21.1. The summed E-state index contributed by atoms with van der Waals surface area (Å²) in [4.78, 5) is 0. The van der Waals surface area contributed by atoms with E-state index in [4.69, 9.17) is 5.11 Å². The number of aliphatic hydroxyl groups excluding tert-OH is 1. The van der Waals surface area contributed by atoms with Crippen LogP contribution >= 0.6 is 0 Å². The highest BCUT2D eigenvalue weighted by Gasteiger charge is 1.99. The van der Waals surface area contributed by atoms with Crippen LogP contribution < -0.4 is 5.32 Å². The summed E-state index contributed by atoms with van der Waals surface area (Å²) in [5.41, 5.74) is 1.47. The molecule has 3 N–H and O–H groups in total. The first-order valence-corrected chi connectivity index (χ1v) is 3.94. The predicted molar refractivity (Wildman–Crippen MR) is 48.2 cm³/mol. The van der Waals surface area contributed by atoms with E-state index in [2.05, 4.69) is 5.32 Å². The molecule has 0 bridgehead atoms. The number of hydrogen-bond donors (Lipinski definition) is 3. The average molecular weight is 167 g/mol. The fourth-order valence-electron chi connectivity index (χ4n) is 1.03. The molecule has 3 nitrogen and oxygen atoms in total. The topological polar surface area (TPSA) is 52.5 Å². The highest BCUT2D eigenvalue weighted by Crippen LogP contribution is 2.20. The molecule has 0 aliphatic rings. The number of rotatable bonds is 3. The van der Waals surface area contributed by atoms with E-state index < -0.39 is 0 Å². The Bertz CT molecular complexity index is 261. The van der Waals surface area contributed by atoms with E-state index in [-0.39, 0.29) is 12.4 Å². The van der Waals surface area contributed by atoms with Crippen LogP contribution in [0.2, 0.25) is 0 Å². The largest absolute Gasteiger partial charge is 0.508 e. The lowest BCUT2D eigenvalue weighted by Crippen LogP contribution is -1.97. The Morgan fingerprint density at radius 2 is 2.17 bits per heavy atom. The maximum Gasteiger partial charge on any atom is 0.121 e. The van der Waals surface area contributed by atoms with Crippen molar-refractivity contribution in [3.8, 4) is 5.75 Å². The smallest absolute Gasteiger partial charge is 0.121 e. The molecular formula is C9H13NO2. The van der Waals surface area contributed by atoms with Crippen LogP contribution in [0.15, 0.2) is 18.2 Å². The molecule has 0 saturated carbocycles. The van der Waals surface area contributed by atoms with Gasteiger partial charge in [0.1, 0.15) is 5.75 Å². The second-order valence-corrected chi connectivity index (χ2v) is 2.53. The maximum atomic E-state index is 9.22. The van der Waals surface area contributed by atoms with Gasteiger partial charge in [-0.05, 0) is 25.1 Å². The van der Waals surface area contributed by atoms with Crippen LogP contribution in [0.3, 0.4) is 0 Å². The Morgan fingerprint density at radius 1 is 1.42 bits per heavy atom. The second kappa shape index (κ2) is 3.97. The van der Waals surface area contributed by atoms with Crippen molar-refractivity contribution in [1.82, 2.24) is 0 Å². The van der Waals surface area contributed by atoms with E-state index in [1.807, 2.05) is 6.92 Å². The minimum Gasteiger partial charge on any atom is -0.508 e. The Kier molecular flexibility index (Phi) is 2.94. The van der Waals surface area contributed by atoms with Crippen molar-refractivity contribution in [1.29, 1.82) is 0 Å². The van der Waals surface area contributed by atoms with Crippen molar-refractivity contribution in [2.24, 2.45) is 0 Å². The van der Waals surface area contributed by atoms with Gasteiger partial charge >= 0.3 is 0 Å². The van der Waals surface area contributed by atoms with Crippen LogP contribution in [0.25, 0.3) is 0 Å². The molecule has 1 aromatic rings. The Morgan fingerprint density at radius 3 is 2.75 bits per heavy atom. The zero-order valence-corrected chi connectivity index (χ0v) is 7.04. The first-order valence-electron chi connectivity index (χ1n) is 3.94. The normalized spacial score (nSPS) is 9.83. The Balaban J connectivity index is 2.89. The quantitative estimate of drug-likeness (QED) is 0.595. The minimum atomic E-state index is -0.134. The summed E-state index contributed by atoms with van der Waals surface area (Å²) >= 11 is 0. The number of anilines is 1. The summed E-state index contributed by atoms with van der Waals surface area (Å²) in [6.45, 7) is 2.69. The average Bonchev–Trinajstić information content (AvgIpc) is 2.09. The molecule has 12 heavy (non-hydrogen) atoms. The molecule has 0 aliphatic heterocycles. The fraction of sp³-hybridized carbons (Fsp3) is 0.333. The van der Waals surface area contributed by atoms with Gasteiger partial charge in [-0.3, -0.25) is 0 Å². The van der Waals surface area contributed by atoms with Gasteiger partial charge in [-0.2, -0.15) is 0 Å². The number of benzene rings is 1. The summed E-state index contributed by atoms with van der Waals surface area (Å²) < 4.78 is 0. The van der Waals surface area contributed by atoms with Crippen LogP contribution in [0.4, 0.5) is 5.69 Å².